The van der Waals surface area contributed by atoms with Crippen molar-refractivity contribution in [1.82, 2.24) is 4.90 Å². The van der Waals surface area contributed by atoms with E-state index in [0.717, 1.165) is 18.4 Å². The molecule has 1 rings (SSSR count). The normalized spacial score (nSPS) is 25.9. The third-order valence-corrected chi connectivity index (χ3v) is 3.59. The molecular weight excluding hydrogens is 172 g/mol. The molecule has 1 saturated heterocycles. The van der Waals surface area contributed by atoms with Crippen molar-refractivity contribution in [2.24, 2.45) is 23.5 Å². The average molecular weight is 198 g/mol. The standard InChI is InChI=1S/C12H26N2/c1-10(2)12-5-7-14(9-12)6-4-11(3)8-13/h10-12H,4-9,13H2,1-3H3. The number of rotatable bonds is 5. The molecule has 2 N–H and O–H groups in total. The molecule has 84 valence electrons. The van der Waals surface area contributed by atoms with Gasteiger partial charge in [0.05, 0.1) is 0 Å². The Morgan fingerprint density at radius 3 is 2.57 bits per heavy atom. The molecule has 0 aromatic rings. The molecule has 2 nitrogen and oxygen atoms in total. The largest absolute Gasteiger partial charge is 0.330 e. The van der Waals surface area contributed by atoms with E-state index < -0.39 is 0 Å². The van der Waals surface area contributed by atoms with E-state index in [1.54, 1.807) is 0 Å². The monoisotopic (exact) mass is 198 g/mol. The Hall–Kier alpha value is -0.0800. The van der Waals surface area contributed by atoms with E-state index in [9.17, 15) is 0 Å². The first-order valence-electron chi connectivity index (χ1n) is 6.06. The van der Waals surface area contributed by atoms with Gasteiger partial charge in [-0.05, 0) is 50.2 Å². The number of likely N-dealkylation sites (tertiary alicyclic amines) is 1. The van der Waals surface area contributed by atoms with Gasteiger partial charge >= 0.3 is 0 Å². The zero-order chi connectivity index (χ0) is 10.6. The second kappa shape index (κ2) is 5.72. The fourth-order valence-electron chi connectivity index (χ4n) is 2.13. The molecule has 1 aliphatic rings. The van der Waals surface area contributed by atoms with Gasteiger partial charge in [0.15, 0.2) is 0 Å². The van der Waals surface area contributed by atoms with Crippen LogP contribution in [-0.4, -0.2) is 31.1 Å². The minimum absolute atomic E-state index is 0.688. The molecule has 0 bridgehead atoms. The molecule has 1 heterocycles. The highest BCUT2D eigenvalue weighted by Crippen LogP contribution is 2.23. The van der Waals surface area contributed by atoms with Crippen LogP contribution in [0, 0.1) is 17.8 Å². The topological polar surface area (TPSA) is 29.3 Å². The predicted octanol–water partition coefficient (Wildman–Crippen LogP) is 1.95. The van der Waals surface area contributed by atoms with Crippen molar-refractivity contribution in [1.29, 1.82) is 0 Å². The van der Waals surface area contributed by atoms with Crippen LogP contribution < -0.4 is 5.73 Å². The van der Waals surface area contributed by atoms with Crippen molar-refractivity contribution in [3.8, 4) is 0 Å². The molecule has 0 spiro atoms. The first kappa shape index (κ1) is 12.0. The minimum Gasteiger partial charge on any atom is -0.330 e. The van der Waals surface area contributed by atoms with Gasteiger partial charge in [-0.3, -0.25) is 0 Å². The van der Waals surface area contributed by atoms with Gasteiger partial charge in [0.2, 0.25) is 0 Å². The summed E-state index contributed by atoms with van der Waals surface area (Å²) in [5, 5.41) is 0. The van der Waals surface area contributed by atoms with Crippen molar-refractivity contribution in [3.05, 3.63) is 0 Å². The maximum Gasteiger partial charge on any atom is 0.00126 e. The van der Waals surface area contributed by atoms with Crippen LogP contribution in [-0.2, 0) is 0 Å². The molecule has 1 fully saturated rings. The van der Waals surface area contributed by atoms with Crippen LogP contribution in [0.1, 0.15) is 33.6 Å². The van der Waals surface area contributed by atoms with Gasteiger partial charge in [0.1, 0.15) is 0 Å². The Bertz CT molecular complexity index is 156. The second-order valence-corrected chi connectivity index (χ2v) is 5.22. The number of hydrogen-bond acceptors (Lipinski definition) is 2. The van der Waals surface area contributed by atoms with E-state index >= 15 is 0 Å². The Morgan fingerprint density at radius 2 is 2.07 bits per heavy atom. The molecule has 14 heavy (non-hydrogen) atoms. The van der Waals surface area contributed by atoms with Crippen molar-refractivity contribution in [2.45, 2.75) is 33.6 Å². The molecule has 0 radical (unpaired) electrons. The van der Waals surface area contributed by atoms with Crippen LogP contribution in [0.4, 0.5) is 0 Å². The van der Waals surface area contributed by atoms with Crippen LogP contribution in [0.5, 0.6) is 0 Å². The summed E-state index contributed by atoms with van der Waals surface area (Å²) in [6.45, 7) is 11.6. The van der Waals surface area contributed by atoms with Crippen LogP contribution in [0.3, 0.4) is 0 Å². The van der Waals surface area contributed by atoms with Crippen LogP contribution in [0.15, 0.2) is 0 Å². The maximum atomic E-state index is 5.61. The predicted molar refractivity (Wildman–Crippen MR) is 62.2 cm³/mol. The van der Waals surface area contributed by atoms with Crippen LogP contribution in [0.2, 0.25) is 0 Å². The van der Waals surface area contributed by atoms with Crippen molar-refractivity contribution in [2.75, 3.05) is 26.2 Å². The fraction of sp³-hybridized carbons (Fsp3) is 1.00. The highest BCUT2D eigenvalue weighted by Gasteiger charge is 2.24. The van der Waals surface area contributed by atoms with Crippen molar-refractivity contribution >= 4 is 0 Å². The van der Waals surface area contributed by atoms with E-state index in [4.69, 9.17) is 5.73 Å². The molecule has 0 aromatic heterocycles. The number of nitrogens with zero attached hydrogens (tertiary/aromatic N) is 1. The molecule has 0 aliphatic carbocycles. The van der Waals surface area contributed by atoms with Gasteiger partial charge in [0.25, 0.3) is 0 Å². The second-order valence-electron chi connectivity index (χ2n) is 5.22. The minimum atomic E-state index is 0.688. The van der Waals surface area contributed by atoms with E-state index in [0.29, 0.717) is 5.92 Å². The summed E-state index contributed by atoms with van der Waals surface area (Å²) >= 11 is 0. The fourth-order valence-corrected chi connectivity index (χ4v) is 2.13. The van der Waals surface area contributed by atoms with Gasteiger partial charge in [-0.2, -0.15) is 0 Å². The Balaban J connectivity index is 2.16. The summed E-state index contributed by atoms with van der Waals surface area (Å²) in [5.41, 5.74) is 5.61. The van der Waals surface area contributed by atoms with E-state index in [1.807, 2.05) is 0 Å². The molecular formula is C12H26N2. The third-order valence-electron chi connectivity index (χ3n) is 3.59. The van der Waals surface area contributed by atoms with Gasteiger partial charge in [-0.25, -0.2) is 0 Å². The first-order valence-corrected chi connectivity index (χ1v) is 6.06. The SMILES string of the molecule is CC(CN)CCN1CCC(C(C)C)C1. The van der Waals surface area contributed by atoms with Gasteiger partial charge in [0, 0.05) is 6.54 Å². The lowest BCUT2D eigenvalue weighted by atomic mass is 9.95. The zero-order valence-corrected chi connectivity index (χ0v) is 10.00. The van der Waals surface area contributed by atoms with Crippen molar-refractivity contribution < 1.29 is 0 Å². The molecule has 2 unspecified atom stereocenters. The highest BCUT2D eigenvalue weighted by atomic mass is 15.1. The highest BCUT2D eigenvalue weighted by molar-refractivity contribution is 4.77. The lowest BCUT2D eigenvalue weighted by Gasteiger charge is -2.19. The average Bonchev–Trinajstić information content (AvgIpc) is 2.62. The zero-order valence-electron chi connectivity index (χ0n) is 10.00. The number of hydrogen-bond donors (Lipinski definition) is 1. The van der Waals surface area contributed by atoms with Gasteiger partial charge < -0.3 is 10.6 Å². The molecule has 0 amide bonds. The quantitative estimate of drug-likeness (QED) is 0.731. The summed E-state index contributed by atoms with van der Waals surface area (Å²) in [6.07, 6.45) is 2.66. The van der Waals surface area contributed by atoms with Crippen molar-refractivity contribution in [3.63, 3.8) is 0 Å². The smallest absolute Gasteiger partial charge is 0.00126 e. The van der Waals surface area contributed by atoms with Gasteiger partial charge in [-0.15, -0.1) is 0 Å². The van der Waals surface area contributed by atoms with Gasteiger partial charge in [-0.1, -0.05) is 20.8 Å². The molecule has 0 aromatic carbocycles. The van der Waals surface area contributed by atoms with Crippen LogP contribution in [0.25, 0.3) is 0 Å². The Morgan fingerprint density at radius 1 is 1.36 bits per heavy atom. The molecule has 2 heteroatoms. The number of nitrogens with two attached hydrogens (primary N) is 1. The Kier molecular flexibility index (Phi) is 4.90. The first-order chi connectivity index (χ1) is 6.63. The summed E-state index contributed by atoms with van der Waals surface area (Å²) < 4.78 is 0. The molecule has 2 atom stereocenters. The lowest BCUT2D eigenvalue weighted by molar-refractivity contribution is 0.284. The summed E-state index contributed by atoms with van der Waals surface area (Å²) in [4.78, 5) is 2.61. The van der Waals surface area contributed by atoms with Crippen LogP contribution >= 0.6 is 0 Å². The summed E-state index contributed by atoms with van der Waals surface area (Å²) in [6, 6.07) is 0. The molecule has 0 saturated carbocycles. The maximum absolute atomic E-state index is 5.61. The third kappa shape index (κ3) is 3.58. The summed E-state index contributed by atoms with van der Waals surface area (Å²) in [5.74, 6) is 2.48. The van der Waals surface area contributed by atoms with E-state index in [1.165, 1.54) is 32.5 Å². The molecule has 1 aliphatic heterocycles. The van der Waals surface area contributed by atoms with E-state index in [2.05, 4.69) is 25.7 Å². The summed E-state index contributed by atoms with van der Waals surface area (Å²) in [7, 11) is 0. The lowest BCUT2D eigenvalue weighted by Crippen LogP contribution is -2.25. The van der Waals surface area contributed by atoms with E-state index in [-0.39, 0.29) is 0 Å². The Labute approximate surface area is 88.8 Å².